The maximum Gasteiger partial charge on any atom is 0.353 e. The summed E-state index contributed by atoms with van der Waals surface area (Å²) in [6.07, 6.45) is 0. The number of carboxylic acids is 1. The van der Waals surface area contributed by atoms with Gasteiger partial charge in [0.1, 0.15) is 5.69 Å². The fourth-order valence-electron chi connectivity index (χ4n) is 2.77. The van der Waals surface area contributed by atoms with Gasteiger partial charge in [-0.05, 0) is 35.2 Å². The van der Waals surface area contributed by atoms with Crippen LogP contribution >= 0.6 is 0 Å². The Balaban J connectivity index is 2.23. The van der Waals surface area contributed by atoms with E-state index in [1.807, 2.05) is 20.8 Å². The molecular weight excluding hydrogens is 338 g/mol. The van der Waals surface area contributed by atoms with Gasteiger partial charge in [0.05, 0.1) is 10.4 Å². The van der Waals surface area contributed by atoms with E-state index < -0.39 is 16.0 Å². The maximum absolute atomic E-state index is 13.1. The first kappa shape index (κ1) is 17.2. The average molecular weight is 357 g/mol. The Morgan fingerprint density at radius 1 is 1.00 bits per heavy atom. The Labute approximate surface area is 146 Å². The minimum absolute atomic E-state index is 0.0596. The fraction of sp³-hybridized carbons (Fsp3) is 0.211. The first-order valence-corrected chi connectivity index (χ1v) is 9.26. The van der Waals surface area contributed by atoms with Crippen molar-refractivity contribution in [2.24, 2.45) is 0 Å². The van der Waals surface area contributed by atoms with Gasteiger partial charge in [-0.25, -0.2) is 17.2 Å². The van der Waals surface area contributed by atoms with E-state index in [4.69, 9.17) is 0 Å². The van der Waals surface area contributed by atoms with Gasteiger partial charge >= 0.3 is 5.97 Å². The maximum atomic E-state index is 13.1. The van der Waals surface area contributed by atoms with Crippen molar-refractivity contribution in [1.29, 1.82) is 0 Å². The van der Waals surface area contributed by atoms with Crippen molar-refractivity contribution in [3.05, 3.63) is 65.9 Å². The van der Waals surface area contributed by atoms with E-state index in [0.29, 0.717) is 10.9 Å². The van der Waals surface area contributed by atoms with Gasteiger partial charge in [-0.3, -0.25) is 0 Å². The molecule has 1 heterocycles. The second-order valence-electron chi connectivity index (χ2n) is 6.94. The number of benzene rings is 2. The van der Waals surface area contributed by atoms with E-state index >= 15 is 0 Å². The normalized spacial score (nSPS) is 12.4. The molecule has 5 nitrogen and oxygen atoms in total. The summed E-state index contributed by atoms with van der Waals surface area (Å²) in [5.74, 6) is -1.29. The molecule has 0 aliphatic heterocycles. The number of para-hydroxylation sites is 1. The van der Waals surface area contributed by atoms with Crippen LogP contribution in [0.1, 0.15) is 36.8 Å². The number of hydrogen-bond donors (Lipinski definition) is 1. The lowest BCUT2D eigenvalue weighted by Crippen LogP contribution is -2.19. The number of carbonyl (C=O) groups is 1. The van der Waals surface area contributed by atoms with Gasteiger partial charge in [-0.2, -0.15) is 0 Å². The van der Waals surface area contributed by atoms with Crippen LogP contribution in [-0.2, 0) is 15.4 Å². The number of nitrogens with zero attached hydrogens (tertiary/aromatic N) is 1. The molecule has 6 heteroatoms. The molecule has 1 aromatic heterocycles. The van der Waals surface area contributed by atoms with E-state index in [1.165, 1.54) is 18.2 Å². The molecule has 0 atom stereocenters. The highest BCUT2D eigenvalue weighted by molar-refractivity contribution is 7.90. The quantitative estimate of drug-likeness (QED) is 0.772. The first-order valence-electron chi connectivity index (χ1n) is 7.82. The van der Waals surface area contributed by atoms with Crippen LogP contribution in [-0.4, -0.2) is 23.5 Å². The summed E-state index contributed by atoms with van der Waals surface area (Å²) in [7, 11) is -4.02. The third-order valence-corrected chi connectivity index (χ3v) is 5.89. The number of aromatic carboxylic acids is 1. The molecule has 0 saturated carbocycles. The van der Waals surface area contributed by atoms with E-state index in [9.17, 15) is 18.3 Å². The molecule has 2 aromatic carbocycles. The van der Waals surface area contributed by atoms with Gasteiger partial charge in [0.15, 0.2) is 0 Å². The summed E-state index contributed by atoms with van der Waals surface area (Å²) >= 11 is 0. The molecule has 0 radical (unpaired) electrons. The lowest BCUT2D eigenvalue weighted by atomic mass is 9.87. The number of carboxylic acid groups (broad SMARTS) is 1. The zero-order valence-corrected chi connectivity index (χ0v) is 15.0. The zero-order chi connectivity index (χ0) is 18.4. The van der Waals surface area contributed by atoms with Crippen LogP contribution in [0.25, 0.3) is 10.9 Å². The molecule has 25 heavy (non-hydrogen) atoms. The smallest absolute Gasteiger partial charge is 0.353 e. The predicted molar refractivity (Wildman–Crippen MR) is 96.6 cm³/mol. The molecule has 3 aromatic rings. The van der Waals surface area contributed by atoms with Gasteiger partial charge in [0.25, 0.3) is 10.0 Å². The zero-order valence-electron chi connectivity index (χ0n) is 14.2. The molecule has 0 fully saturated rings. The summed E-state index contributed by atoms with van der Waals surface area (Å²) in [5.41, 5.74) is 0.970. The van der Waals surface area contributed by atoms with Crippen molar-refractivity contribution >= 4 is 26.9 Å². The second kappa shape index (κ2) is 5.74. The molecule has 3 rings (SSSR count). The topological polar surface area (TPSA) is 76.4 Å². The Hall–Kier alpha value is -2.60. The van der Waals surface area contributed by atoms with Crippen LogP contribution in [0.3, 0.4) is 0 Å². The van der Waals surface area contributed by atoms with Crippen molar-refractivity contribution in [2.75, 3.05) is 0 Å². The number of fused-ring (bicyclic) bond motifs is 1. The highest BCUT2D eigenvalue weighted by Gasteiger charge is 2.26. The summed E-state index contributed by atoms with van der Waals surface area (Å²) in [5, 5.41) is 10.0. The highest BCUT2D eigenvalue weighted by atomic mass is 32.2. The van der Waals surface area contributed by atoms with Crippen molar-refractivity contribution in [2.45, 2.75) is 31.1 Å². The number of rotatable bonds is 3. The van der Waals surface area contributed by atoms with E-state index in [0.717, 1.165) is 9.54 Å². The number of hydrogen-bond acceptors (Lipinski definition) is 3. The Morgan fingerprint density at radius 3 is 2.16 bits per heavy atom. The molecule has 130 valence electrons. The second-order valence-corrected chi connectivity index (χ2v) is 8.72. The first-order chi connectivity index (χ1) is 11.6. The monoisotopic (exact) mass is 357 g/mol. The minimum Gasteiger partial charge on any atom is -0.477 e. The summed E-state index contributed by atoms with van der Waals surface area (Å²) in [4.78, 5) is 11.6. The van der Waals surface area contributed by atoms with Gasteiger partial charge in [-0.1, -0.05) is 51.1 Å². The summed E-state index contributed by atoms with van der Waals surface area (Å²) in [6.45, 7) is 6.12. The SMILES string of the molecule is CC(C)(C)c1ccc(S(=O)(=O)n2c(C(=O)O)cc3ccccc32)cc1. The van der Waals surface area contributed by atoms with Crippen molar-refractivity contribution in [3.63, 3.8) is 0 Å². The highest BCUT2D eigenvalue weighted by Crippen LogP contribution is 2.28. The van der Waals surface area contributed by atoms with Crippen LogP contribution in [0, 0.1) is 0 Å². The lowest BCUT2D eigenvalue weighted by molar-refractivity contribution is 0.0689. The molecule has 0 unspecified atom stereocenters. The van der Waals surface area contributed by atoms with Crippen molar-refractivity contribution in [1.82, 2.24) is 3.97 Å². The predicted octanol–water partition coefficient (Wildman–Crippen LogP) is 3.87. The summed E-state index contributed by atoms with van der Waals surface area (Å²) in [6, 6.07) is 14.7. The molecule has 0 aliphatic carbocycles. The Kier molecular flexibility index (Phi) is 3.95. The molecule has 0 spiro atoms. The fourth-order valence-corrected chi connectivity index (χ4v) is 4.28. The van der Waals surface area contributed by atoms with Gasteiger partial charge in [-0.15, -0.1) is 0 Å². The molecule has 0 amide bonds. The molecule has 1 N–H and O–H groups in total. The van der Waals surface area contributed by atoms with Crippen LogP contribution in [0.15, 0.2) is 59.5 Å². The number of aromatic nitrogens is 1. The van der Waals surface area contributed by atoms with Gasteiger partial charge in [0, 0.05) is 5.39 Å². The average Bonchev–Trinajstić information content (AvgIpc) is 2.94. The Morgan fingerprint density at radius 2 is 1.60 bits per heavy atom. The molecule has 0 aliphatic rings. The minimum atomic E-state index is -4.02. The van der Waals surface area contributed by atoms with E-state index in [1.54, 1.807) is 36.4 Å². The van der Waals surface area contributed by atoms with Crippen LogP contribution in [0.2, 0.25) is 0 Å². The van der Waals surface area contributed by atoms with E-state index in [-0.39, 0.29) is 16.0 Å². The van der Waals surface area contributed by atoms with Crippen molar-refractivity contribution < 1.29 is 18.3 Å². The summed E-state index contributed by atoms with van der Waals surface area (Å²) < 4.78 is 27.1. The third kappa shape index (κ3) is 2.93. The molecule has 0 saturated heterocycles. The van der Waals surface area contributed by atoms with Crippen LogP contribution in [0.5, 0.6) is 0 Å². The largest absolute Gasteiger partial charge is 0.477 e. The van der Waals surface area contributed by atoms with Gasteiger partial charge < -0.3 is 5.11 Å². The lowest BCUT2D eigenvalue weighted by Gasteiger charge is -2.19. The molecular formula is C19H19NO4S. The van der Waals surface area contributed by atoms with Crippen molar-refractivity contribution in [3.8, 4) is 0 Å². The van der Waals surface area contributed by atoms with Crippen LogP contribution in [0.4, 0.5) is 0 Å². The van der Waals surface area contributed by atoms with E-state index in [2.05, 4.69) is 0 Å². The van der Waals surface area contributed by atoms with Gasteiger partial charge in [0.2, 0.25) is 0 Å². The third-order valence-electron chi connectivity index (χ3n) is 4.14. The van der Waals surface area contributed by atoms with Crippen LogP contribution < -0.4 is 0 Å². The Bertz CT molecular complexity index is 1050. The standard InChI is InChI=1S/C19H19NO4S/c1-19(2,3)14-8-10-15(11-9-14)25(23,24)20-16-7-5-4-6-13(16)12-17(20)18(21)22/h4-12H,1-3H3,(H,21,22). The molecule has 0 bridgehead atoms.